The molecule has 0 bridgehead atoms. The highest BCUT2D eigenvalue weighted by Crippen LogP contribution is 1.76. The molecule has 0 heterocycles. The topological polar surface area (TPSA) is 36.9 Å². The monoisotopic (exact) mass is 179 g/mol. The van der Waals surface area contributed by atoms with Crippen molar-refractivity contribution in [2.24, 2.45) is 0 Å². The Bertz CT molecular complexity index is 71.7. The molecule has 0 aromatic carbocycles. The highest BCUT2D eigenvalue weighted by Gasteiger charge is 2.60. The molecule has 0 N–H and O–H groups in total. The molecule has 4 nitrogen and oxygen atoms in total. The van der Waals surface area contributed by atoms with E-state index in [4.69, 9.17) is 17.1 Å². The standard InChI is InChI=1S/2C3H7O2.Al.2H/c2*1-5-3-2-4;;;/h2*2-3H2,1H3;;;/q2*-1;+4;2*-1. The molecule has 0 fully saturated rings. The fraction of sp³-hybridized carbons (Fsp3) is 1.00. The smallest absolute Gasteiger partial charge is 1.00 e. The molecular formula is C6H16AlO4. The third-order valence-electron chi connectivity index (χ3n) is 0.947. The van der Waals surface area contributed by atoms with E-state index in [1.165, 1.54) is 0 Å². The van der Waals surface area contributed by atoms with Crippen LogP contribution in [0.5, 0.6) is 0 Å². The van der Waals surface area contributed by atoms with E-state index in [1.54, 1.807) is 14.2 Å². The van der Waals surface area contributed by atoms with E-state index in [-0.39, 0.29) is 18.7 Å². The van der Waals surface area contributed by atoms with Gasteiger partial charge < -0.3 is 12.3 Å². The molecule has 0 rings (SSSR count). The molecule has 0 unspecified atom stereocenters. The zero-order valence-electron chi connectivity index (χ0n) is 9.04. The van der Waals surface area contributed by atoms with Crippen molar-refractivity contribution in [3.05, 3.63) is 0 Å². The van der Waals surface area contributed by atoms with Gasteiger partial charge in [0.25, 0.3) is 0 Å². The van der Waals surface area contributed by atoms with Crippen molar-refractivity contribution in [3.63, 3.8) is 0 Å². The molecule has 11 heavy (non-hydrogen) atoms. The van der Waals surface area contributed by atoms with Gasteiger partial charge in [0.2, 0.25) is 0 Å². The van der Waals surface area contributed by atoms with E-state index < -0.39 is 0 Å². The fourth-order valence-corrected chi connectivity index (χ4v) is 0.888. The van der Waals surface area contributed by atoms with E-state index in [0.29, 0.717) is 26.4 Å². The Morgan fingerprint density at radius 2 is 1.36 bits per heavy atom. The van der Waals surface area contributed by atoms with Gasteiger partial charge in [-0.05, 0) is 0 Å². The highest BCUT2D eigenvalue weighted by atomic mass is 27.2. The van der Waals surface area contributed by atoms with Gasteiger partial charge in [-0.25, -0.2) is 0 Å². The lowest BCUT2D eigenvalue weighted by Gasteiger charge is -1.86. The molecule has 0 aromatic heterocycles. The van der Waals surface area contributed by atoms with Gasteiger partial charge in [-0.15, -0.1) is 7.58 Å². The van der Waals surface area contributed by atoms with E-state index in [2.05, 4.69) is 0 Å². The van der Waals surface area contributed by atoms with E-state index in [9.17, 15) is 0 Å². The van der Waals surface area contributed by atoms with Crippen molar-refractivity contribution in [2.75, 3.05) is 40.6 Å². The summed E-state index contributed by atoms with van der Waals surface area (Å²) in [7, 11) is 3.29. The van der Waals surface area contributed by atoms with Crippen LogP contribution in [0, 0.1) is 0 Å². The summed E-state index contributed by atoms with van der Waals surface area (Å²) in [6.07, 6.45) is 0. The Morgan fingerprint density at radius 1 is 0.909 bits per heavy atom. The zero-order valence-corrected chi connectivity index (χ0v) is 8.19. The number of hydrogen-bond donors (Lipinski definition) is 0. The second kappa shape index (κ2) is 10.4. The summed E-state index contributed by atoms with van der Waals surface area (Å²) in [5.41, 5.74) is 0. The van der Waals surface area contributed by atoms with Gasteiger partial charge in [-0.1, -0.05) is 0 Å². The van der Waals surface area contributed by atoms with Crippen LogP contribution in [0.2, 0.25) is 0 Å². The molecule has 0 aliphatic rings. The summed E-state index contributed by atoms with van der Waals surface area (Å²) in [4.78, 5) is 0. The van der Waals surface area contributed by atoms with Crippen LogP contribution in [0.25, 0.3) is 0 Å². The van der Waals surface area contributed by atoms with Gasteiger partial charge in [-0.3, -0.25) is 0 Å². The lowest BCUT2D eigenvalue weighted by Crippen LogP contribution is -2.12. The van der Waals surface area contributed by atoms with Crippen LogP contribution in [-0.4, -0.2) is 56.5 Å². The first-order valence-corrected chi connectivity index (χ1v) is 4.39. The molecule has 0 spiro atoms. The van der Waals surface area contributed by atoms with Crippen LogP contribution in [0.15, 0.2) is 0 Å². The summed E-state index contributed by atoms with van der Waals surface area (Å²) in [6.45, 7) is 2.47. The first kappa shape index (κ1) is 11.4. The predicted molar refractivity (Wildman–Crippen MR) is 43.6 cm³/mol. The number of hydrogen-bond acceptors (Lipinski definition) is 4. The van der Waals surface area contributed by atoms with Crippen molar-refractivity contribution in [1.29, 1.82) is 0 Å². The maximum Gasteiger partial charge on any atom is 1.70 e. The molecule has 0 aliphatic carbocycles. The fourth-order valence-electron chi connectivity index (χ4n) is 0.407. The minimum Gasteiger partial charge on any atom is -1.00 e. The van der Waals surface area contributed by atoms with Crippen molar-refractivity contribution < 1.29 is 19.9 Å². The highest BCUT2D eigenvalue weighted by molar-refractivity contribution is 6.17. The summed E-state index contributed by atoms with van der Waals surface area (Å²) in [5, 5.41) is 0. The van der Waals surface area contributed by atoms with Gasteiger partial charge >= 0.3 is 15.9 Å². The largest absolute Gasteiger partial charge is 1.70 e. The van der Waals surface area contributed by atoms with Crippen LogP contribution in [-0.2, 0) is 17.1 Å². The number of rotatable bonds is 8. The quantitative estimate of drug-likeness (QED) is 0.390. The summed E-state index contributed by atoms with van der Waals surface area (Å²) in [5.74, 6) is 0. The average molecular weight is 179 g/mol. The third kappa shape index (κ3) is 10.4. The predicted octanol–water partition coefficient (Wildman–Crippen LogP) is 0.0716. The molecular weight excluding hydrogens is 163 g/mol. The molecule has 5 heteroatoms. The van der Waals surface area contributed by atoms with E-state index >= 15 is 0 Å². The van der Waals surface area contributed by atoms with Gasteiger partial charge in [0.1, 0.15) is 13.2 Å². The number of ether oxygens (including phenoxy) is 2. The van der Waals surface area contributed by atoms with Crippen molar-refractivity contribution in [1.82, 2.24) is 0 Å². The van der Waals surface area contributed by atoms with Crippen LogP contribution in [0.1, 0.15) is 2.85 Å². The van der Waals surface area contributed by atoms with Crippen LogP contribution in [0.4, 0.5) is 0 Å². The van der Waals surface area contributed by atoms with Crippen LogP contribution in [0.3, 0.4) is 0 Å². The Hall–Kier alpha value is 0.372. The lowest BCUT2D eigenvalue weighted by atomic mass is 10.8. The summed E-state index contributed by atoms with van der Waals surface area (Å²) < 4.78 is 19.8. The minimum absolute atomic E-state index is 0. The molecule has 5 radical (unpaired) electrons. The molecule has 0 aromatic rings. The minimum atomic E-state index is -0.349. The Morgan fingerprint density at radius 3 is 1.73 bits per heavy atom. The van der Waals surface area contributed by atoms with Gasteiger partial charge in [0.15, 0.2) is 0 Å². The first-order valence-electron chi connectivity index (χ1n) is 3.44. The van der Waals surface area contributed by atoms with Crippen molar-refractivity contribution in [3.8, 4) is 0 Å². The third-order valence-corrected chi connectivity index (χ3v) is 1.69. The molecule has 0 saturated carbocycles. The Labute approximate surface area is 77.1 Å². The summed E-state index contributed by atoms with van der Waals surface area (Å²) >= 11 is -0.349. The van der Waals surface area contributed by atoms with Gasteiger partial charge in [0, 0.05) is 14.2 Å². The van der Waals surface area contributed by atoms with Crippen molar-refractivity contribution in [2.45, 2.75) is 0 Å². The molecule has 0 amide bonds. The Balaban J connectivity index is -0.000000500. The van der Waals surface area contributed by atoms with Crippen LogP contribution >= 0.6 is 0 Å². The first-order chi connectivity index (χ1) is 5.41. The van der Waals surface area contributed by atoms with E-state index in [0.717, 1.165) is 0 Å². The van der Waals surface area contributed by atoms with Crippen molar-refractivity contribution >= 4 is 15.9 Å². The average Bonchev–Trinajstić information content (AvgIpc) is 2.03. The van der Waals surface area contributed by atoms with Gasteiger partial charge in [0.05, 0.1) is 13.2 Å². The zero-order chi connectivity index (χ0) is 8.36. The van der Waals surface area contributed by atoms with Gasteiger partial charge in [-0.2, -0.15) is 0 Å². The lowest BCUT2D eigenvalue weighted by molar-refractivity contribution is 0.110. The summed E-state index contributed by atoms with van der Waals surface area (Å²) in [6, 6.07) is 0. The maximum atomic E-state index is 5.10. The SMILES string of the molecule is COCC[O][Al+2][O]CCOC.[H-].[H-]. The Kier molecular flexibility index (Phi) is 10.7. The second-order valence-electron chi connectivity index (χ2n) is 1.82. The normalized spacial score (nSPS) is 10.4. The second-order valence-corrected chi connectivity index (χ2v) is 2.68. The van der Waals surface area contributed by atoms with Crippen LogP contribution < -0.4 is 0 Å². The molecule has 67 valence electrons. The number of methoxy groups -OCH3 is 2. The molecule has 0 atom stereocenters. The molecule has 0 aliphatic heterocycles. The molecule has 0 saturated heterocycles. The maximum absolute atomic E-state index is 5.10. The van der Waals surface area contributed by atoms with E-state index in [1.807, 2.05) is 0 Å².